The smallest absolute Gasteiger partial charge is 0.270 e. The first-order valence-electron chi connectivity index (χ1n) is 9.32. The van der Waals surface area contributed by atoms with E-state index >= 15 is 0 Å². The van der Waals surface area contributed by atoms with Crippen molar-refractivity contribution >= 4 is 5.91 Å². The van der Waals surface area contributed by atoms with Gasteiger partial charge in [-0.15, -0.1) is 0 Å². The van der Waals surface area contributed by atoms with E-state index in [9.17, 15) is 4.79 Å². The van der Waals surface area contributed by atoms with E-state index < -0.39 is 0 Å². The second kappa shape index (κ2) is 6.92. The summed E-state index contributed by atoms with van der Waals surface area (Å²) >= 11 is 0. The Morgan fingerprint density at radius 1 is 1.19 bits per heavy atom. The maximum absolute atomic E-state index is 12.5. The Labute approximate surface area is 154 Å². The SMILES string of the molecule is Cc1cccc(C#CC2CC[C@]3(NC(=O)c4ccccn4)CC[C@H]2C3)n1. The highest BCUT2D eigenvalue weighted by atomic mass is 16.2. The van der Waals surface area contributed by atoms with Crippen molar-refractivity contribution in [3.05, 3.63) is 59.7 Å². The summed E-state index contributed by atoms with van der Waals surface area (Å²) in [4.78, 5) is 21.1. The molecule has 2 bridgehead atoms. The van der Waals surface area contributed by atoms with Gasteiger partial charge in [0.25, 0.3) is 5.91 Å². The minimum atomic E-state index is -0.0704. The third-order valence-electron chi connectivity index (χ3n) is 5.70. The van der Waals surface area contributed by atoms with Gasteiger partial charge in [0.2, 0.25) is 0 Å². The molecule has 2 saturated carbocycles. The van der Waals surface area contributed by atoms with Gasteiger partial charge in [-0.1, -0.05) is 18.1 Å². The van der Waals surface area contributed by atoms with Gasteiger partial charge in [0.05, 0.1) is 0 Å². The van der Waals surface area contributed by atoms with Gasteiger partial charge < -0.3 is 5.32 Å². The average Bonchev–Trinajstić information content (AvgIpc) is 2.99. The minimum Gasteiger partial charge on any atom is -0.345 e. The molecule has 4 heteroatoms. The Balaban J connectivity index is 1.43. The Morgan fingerprint density at radius 3 is 2.88 bits per heavy atom. The number of hydrogen-bond acceptors (Lipinski definition) is 3. The van der Waals surface area contributed by atoms with Crippen molar-refractivity contribution in [3.8, 4) is 11.8 Å². The molecule has 3 atom stereocenters. The first-order chi connectivity index (χ1) is 12.6. The number of nitrogens with zero attached hydrogens (tertiary/aromatic N) is 2. The highest BCUT2D eigenvalue weighted by molar-refractivity contribution is 5.92. The molecule has 2 fully saturated rings. The Morgan fingerprint density at radius 2 is 2.08 bits per heavy atom. The summed E-state index contributed by atoms with van der Waals surface area (Å²) in [6, 6.07) is 11.4. The van der Waals surface area contributed by atoms with Crippen molar-refractivity contribution in [1.82, 2.24) is 15.3 Å². The summed E-state index contributed by atoms with van der Waals surface area (Å²) in [5.41, 5.74) is 2.28. The van der Waals surface area contributed by atoms with Crippen LogP contribution in [0.3, 0.4) is 0 Å². The molecule has 2 aromatic rings. The molecule has 0 aliphatic heterocycles. The molecule has 132 valence electrons. The molecule has 0 saturated heterocycles. The molecule has 1 amide bonds. The minimum absolute atomic E-state index is 0.0558. The molecular weight excluding hydrogens is 322 g/mol. The number of aryl methyl sites for hydroxylation is 1. The zero-order valence-electron chi connectivity index (χ0n) is 15.0. The van der Waals surface area contributed by atoms with E-state index in [2.05, 4.69) is 27.1 Å². The van der Waals surface area contributed by atoms with Gasteiger partial charge in [-0.05, 0) is 75.1 Å². The van der Waals surface area contributed by atoms with E-state index in [1.54, 1.807) is 12.3 Å². The zero-order valence-corrected chi connectivity index (χ0v) is 15.0. The number of aromatic nitrogens is 2. The van der Waals surface area contributed by atoms with Crippen molar-refractivity contribution in [2.75, 3.05) is 0 Å². The van der Waals surface area contributed by atoms with Crippen LogP contribution < -0.4 is 5.32 Å². The first-order valence-corrected chi connectivity index (χ1v) is 9.32. The fourth-order valence-electron chi connectivity index (χ4n) is 4.35. The Kier molecular flexibility index (Phi) is 4.46. The van der Waals surface area contributed by atoms with Crippen molar-refractivity contribution in [2.24, 2.45) is 11.8 Å². The standard InChI is InChI=1S/C22H23N3O/c1-16-5-4-6-19(24-16)9-8-17-10-12-22(13-11-18(17)15-22)25-21(26)20-7-2-3-14-23-20/h2-7,14,17-18H,10-13,15H2,1H3,(H,25,26)/t17?,18-,22-/m0/s1. The van der Waals surface area contributed by atoms with E-state index in [-0.39, 0.29) is 11.4 Å². The highest BCUT2D eigenvalue weighted by Gasteiger charge is 2.46. The van der Waals surface area contributed by atoms with Crippen LogP contribution in [0.25, 0.3) is 0 Å². The van der Waals surface area contributed by atoms with Crippen LogP contribution in [0, 0.1) is 30.6 Å². The van der Waals surface area contributed by atoms with Crippen molar-refractivity contribution < 1.29 is 4.79 Å². The third kappa shape index (κ3) is 3.48. The van der Waals surface area contributed by atoms with Crippen LogP contribution in [-0.2, 0) is 0 Å². The van der Waals surface area contributed by atoms with Gasteiger partial charge in [-0.3, -0.25) is 9.78 Å². The Hall–Kier alpha value is -2.67. The normalized spacial score (nSPS) is 26.7. The van der Waals surface area contributed by atoms with Gasteiger partial charge in [-0.2, -0.15) is 0 Å². The summed E-state index contributed by atoms with van der Waals surface area (Å²) in [6.07, 6.45) is 6.87. The number of hydrogen-bond donors (Lipinski definition) is 1. The molecule has 26 heavy (non-hydrogen) atoms. The summed E-state index contributed by atoms with van der Waals surface area (Å²) < 4.78 is 0. The maximum atomic E-state index is 12.5. The molecule has 0 radical (unpaired) electrons. The molecule has 4 rings (SSSR count). The Bertz CT molecular complexity index is 868. The summed E-state index contributed by atoms with van der Waals surface area (Å²) in [5, 5.41) is 3.28. The summed E-state index contributed by atoms with van der Waals surface area (Å²) in [6.45, 7) is 1.99. The third-order valence-corrected chi connectivity index (χ3v) is 5.70. The van der Waals surface area contributed by atoms with Gasteiger partial charge >= 0.3 is 0 Å². The van der Waals surface area contributed by atoms with Crippen LogP contribution in [0.1, 0.15) is 54.0 Å². The molecule has 2 aliphatic rings. The lowest BCUT2D eigenvalue weighted by molar-refractivity contribution is 0.0867. The molecule has 2 aliphatic carbocycles. The van der Waals surface area contributed by atoms with Crippen molar-refractivity contribution in [3.63, 3.8) is 0 Å². The molecule has 4 nitrogen and oxygen atoms in total. The molecule has 0 spiro atoms. The average molecular weight is 345 g/mol. The number of rotatable bonds is 2. The number of pyridine rings is 2. The van der Waals surface area contributed by atoms with Crippen LogP contribution in [0.2, 0.25) is 0 Å². The number of fused-ring (bicyclic) bond motifs is 2. The fraction of sp³-hybridized carbons (Fsp3) is 0.409. The topological polar surface area (TPSA) is 54.9 Å². The van der Waals surface area contributed by atoms with Gasteiger partial charge in [0, 0.05) is 23.3 Å². The van der Waals surface area contributed by atoms with Gasteiger partial charge in [0.15, 0.2) is 0 Å². The fourth-order valence-corrected chi connectivity index (χ4v) is 4.35. The predicted octanol–water partition coefficient (Wildman–Crippen LogP) is 3.52. The molecule has 0 aromatic carbocycles. The summed E-state index contributed by atoms with van der Waals surface area (Å²) in [5.74, 6) is 7.62. The molecular formula is C22H23N3O. The lowest BCUT2D eigenvalue weighted by Gasteiger charge is -2.36. The second-order valence-electron chi connectivity index (χ2n) is 7.53. The first kappa shape index (κ1) is 16.8. The highest BCUT2D eigenvalue weighted by Crippen LogP contribution is 2.48. The monoisotopic (exact) mass is 345 g/mol. The molecule has 1 N–H and O–H groups in total. The van der Waals surface area contributed by atoms with Crippen molar-refractivity contribution in [1.29, 1.82) is 0 Å². The number of amides is 1. The van der Waals surface area contributed by atoms with E-state index in [1.165, 1.54) is 0 Å². The van der Waals surface area contributed by atoms with E-state index in [0.717, 1.165) is 43.5 Å². The summed E-state index contributed by atoms with van der Waals surface area (Å²) in [7, 11) is 0. The van der Waals surface area contributed by atoms with Crippen molar-refractivity contribution in [2.45, 2.75) is 44.6 Å². The molecule has 2 heterocycles. The lowest BCUT2D eigenvalue weighted by Crippen LogP contribution is -2.48. The van der Waals surface area contributed by atoms with E-state index in [1.807, 2.05) is 37.3 Å². The largest absolute Gasteiger partial charge is 0.345 e. The maximum Gasteiger partial charge on any atom is 0.270 e. The lowest BCUT2D eigenvalue weighted by atomic mass is 9.76. The van der Waals surface area contributed by atoms with Crippen LogP contribution >= 0.6 is 0 Å². The number of nitrogens with one attached hydrogen (secondary N) is 1. The van der Waals surface area contributed by atoms with Crippen LogP contribution in [0.4, 0.5) is 0 Å². The van der Waals surface area contributed by atoms with Gasteiger partial charge in [0.1, 0.15) is 11.4 Å². The predicted molar refractivity (Wildman–Crippen MR) is 100 cm³/mol. The number of carbonyl (C=O) groups excluding carboxylic acids is 1. The quantitative estimate of drug-likeness (QED) is 0.848. The van der Waals surface area contributed by atoms with Crippen LogP contribution in [0.15, 0.2) is 42.6 Å². The molecule has 1 unspecified atom stereocenters. The molecule has 2 aromatic heterocycles. The zero-order chi connectivity index (χ0) is 18.0. The van der Waals surface area contributed by atoms with E-state index in [0.29, 0.717) is 17.5 Å². The van der Waals surface area contributed by atoms with Gasteiger partial charge in [-0.25, -0.2) is 4.98 Å². The number of carbonyl (C=O) groups is 1. The van der Waals surface area contributed by atoms with Crippen LogP contribution in [-0.4, -0.2) is 21.4 Å². The van der Waals surface area contributed by atoms with Crippen LogP contribution in [0.5, 0.6) is 0 Å². The second-order valence-corrected chi connectivity index (χ2v) is 7.53. The van der Waals surface area contributed by atoms with E-state index in [4.69, 9.17) is 0 Å².